The van der Waals surface area contributed by atoms with Gasteiger partial charge in [-0.1, -0.05) is 6.07 Å². The number of anilines is 1. The van der Waals surface area contributed by atoms with Gasteiger partial charge in [0.15, 0.2) is 5.78 Å². The average molecular weight is 365 g/mol. The van der Waals surface area contributed by atoms with Gasteiger partial charge in [0.05, 0.1) is 18.8 Å². The van der Waals surface area contributed by atoms with E-state index in [0.717, 1.165) is 0 Å². The fourth-order valence-electron chi connectivity index (χ4n) is 2.63. The van der Waals surface area contributed by atoms with Crippen LogP contribution < -0.4 is 10.2 Å². The van der Waals surface area contributed by atoms with E-state index in [1.807, 2.05) is 18.2 Å². The summed E-state index contributed by atoms with van der Waals surface area (Å²) in [5.74, 6) is -0.328. The summed E-state index contributed by atoms with van der Waals surface area (Å²) < 4.78 is 5.23. The van der Waals surface area contributed by atoms with Gasteiger partial charge in [-0.2, -0.15) is 0 Å². The van der Waals surface area contributed by atoms with Gasteiger partial charge in [0.25, 0.3) is 0 Å². The van der Waals surface area contributed by atoms with E-state index >= 15 is 0 Å². The van der Waals surface area contributed by atoms with Gasteiger partial charge < -0.3 is 10.1 Å². The molecule has 27 heavy (non-hydrogen) atoms. The van der Waals surface area contributed by atoms with Crippen molar-refractivity contribution in [3.8, 4) is 0 Å². The number of benzene rings is 1. The number of carbonyl (C=O) groups is 3. The van der Waals surface area contributed by atoms with Gasteiger partial charge in [0.2, 0.25) is 5.91 Å². The molecule has 0 aliphatic carbocycles. The Morgan fingerprint density at radius 3 is 2.70 bits per heavy atom. The van der Waals surface area contributed by atoms with Crippen LogP contribution in [0.15, 0.2) is 54.7 Å². The summed E-state index contributed by atoms with van der Waals surface area (Å²) in [6.07, 6.45) is 3.90. The van der Waals surface area contributed by atoms with Crippen molar-refractivity contribution in [1.29, 1.82) is 0 Å². The summed E-state index contributed by atoms with van der Waals surface area (Å²) >= 11 is 0. The first-order valence-corrected chi connectivity index (χ1v) is 8.49. The van der Waals surface area contributed by atoms with Gasteiger partial charge in [-0.15, -0.1) is 0 Å². The Bertz CT molecular complexity index is 863. The van der Waals surface area contributed by atoms with Gasteiger partial charge in [0, 0.05) is 24.4 Å². The molecule has 0 spiro atoms. The van der Waals surface area contributed by atoms with Gasteiger partial charge >= 0.3 is 6.09 Å². The molecule has 0 unspecified atom stereocenters. The zero-order chi connectivity index (χ0) is 19.2. The Labute approximate surface area is 156 Å². The molecule has 7 heteroatoms. The number of hydrogen-bond acceptors (Lipinski definition) is 5. The third-order valence-electron chi connectivity index (χ3n) is 4.01. The minimum absolute atomic E-state index is 0.153. The first-order valence-electron chi connectivity index (χ1n) is 8.49. The summed E-state index contributed by atoms with van der Waals surface area (Å²) in [4.78, 5) is 40.8. The third kappa shape index (κ3) is 4.78. The molecule has 2 aromatic rings. The second kappa shape index (κ2) is 8.27. The summed E-state index contributed by atoms with van der Waals surface area (Å²) in [6, 6.07) is 12.2. The molecule has 3 rings (SSSR count). The second-order valence-electron chi connectivity index (χ2n) is 6.05. The van der Waals surface area contributed by atoms with Crippen LogP contribution in [-0.4, -0.2) is 42.0 Å². The van der Waals surface area contributed by atoms with Crippen molar-refractivity contribution in [3.05, 3.63) is 66.0 Å². The maximum Gasteiger partial charge on any atom is 0.414 e. The van der Waals surface area contributed by atoms with Crippen LogP contribution in [0, 0.1) is 0 Å². The smallest absolute Gasteiger partial charge is 0.414 e. The van der Waals surface area contributed by atoms with Crippen molar-refractivity contribution in [2.24, 2.45) is 0 Å². The van der Waals surface area contributed by atoms with Crippen LogP contribution in [0.3, 0.4) is 0 Å². The van der Waals surface area contributed by atoms with E-state index in [4.69, 9.17) is 4.74 Å². The van der Waals surface area contributed by atoms with Crippen LogP contribution in [0.5, 0.6) is 0 Å². The Balaban J connectivity index is 1.63. The lowest BCUT2D eigenvalue weighted by Crippen LogP contribution is -2.33. The molecule has 1 saturated heterocycles. The number of allylic oxidation sites excluding steroid dienone is 1. The molecule has 1 aromatic carbocycles. The minimum atomic E-state index is -0.473. The molecule has 1 N–H and O–H groups in total. The number of carbonyl (C=O) groups excluding carboxylic acids is 3. The van der Waals surface area contributed by atoms with Crippen molar-refractivity contribution in [2.45, 2.75) is 13.0 Å². The normalized spacial score (nSPS) is 16.4. The number of hydrogen-bond donors (Lipinski definition) is 1. The number of amides is 2. The van der Waals surface area contributed by atoms with E-state index < -0.39 is 12.2 Å². The predicted molar refractivity (Wildman–Crippen MR) is 100 cm³/mol. The number of ether oxygens (including phenoxy) is 1. The van der Waals surface area contributed by atoms with Gasteiger partial charge in [-0.25, -0.2) is 4.79 Å². The molecule has 0 radical (unpaired) electrons. The molecule has 138 valence electrons. The predicted octanol–water partition coefficient (Wildman–Crippen LogP) is 2.44. The first-order chi connectivity index (χ1) is 13.0. The molecule has 1 fully saturated rings. The van der Waals surface area contributed by atoms with Gasteiger partial charge in [-0.3, -0.25) is 19.5 Å². The average Bonchev–Trinajstić information content (AvgIpc) is 3.06. The van der Waals surface area contributed by atoms with Crippen LogP contribution in [0.1, 0.15) is 23.0 Å². The second-order valence-corrected chi connectivity index (χ2v) is 6.05. The Morgan fingerprint density at radius 1 is 1.26 bits per heavy atom. The quantitative estimate of drug-likeness (QED) is 0.627. The molecular weight excluding hydrogens is 346 g/mol. The zero-order valence-electron chi connectivity index (χ0n) is 14.8. The van der Waals surface area contributed by atoms with Crippen LogP contribution in [-0.2, 0) is 9.53 Å². The van der Waals surface area contributed by atoms with E-state index in [-0.39, 0.29) is 18.2 Å². The molecule has 7 nitrogen and oxygen atoms in total. The first kappa shape index (κ1) is 18.3. The van der Waals surface area contributed by atoms with E-state index in [1.54, 1.807) is 36.5 Å². The molecule has 1 aliphatic heterocycles. The lowest BCUT2D eigenvalue weighted by Gasteiger charge is -2.13. The summed E-state index contributed by atoms with van der Waals surface area (Å²) in [5, 5.41) is 2.63. The molecule has 2 amide bonds. The van der Waals surface area contributed by atoms with Crippen molar-refractivity contribution >= 4 is 29.5 Å². The Hall–Kier alpha value is -3.48. The van der Waals surface area contributed by atoms with E-state index in [1.165, 1.54) is 17.9 Å². The number of pyridine rings is 1. The largest absolute Gasteiger partial charge is 0.442 e. The monoisotopic (exact) mass is 365 g/mol. The van der Waals surface area contributed by atoms with Gasteiger partial charge in [-0.05, 0) is 48.6 Å². The van der Waals surface area contributed by atoms with Crippen molar-refractivity contribution in [1.82, 2.24) is 10.3 Å². The SMILES string of the molecule is CC(=O)NC[C@H]1CN(c2ccc(C(=O)/C=C/c3ccccn3)cc2)C(=O)O1. The third-order valence-corrected chi connectivity index (χ3v) is 4.01. The molecule has 1 atom stereocenters. The zero-order valence-corrected chi connectivity index (χ0v) is 14.8. The molecule has 1 aliphatic rings. The Kier molecular flexibility index (Phi) is 5.61. The number of nitrogens with zero attached hydrogens (tertiary/aromatic N) is 2. The highest BCUT2D eigenvalue weighted by molar-refractivity contribution is 6.07. The fraction of sp³-hybridized carbons (Fsp3) is 0.200. The van der Waals surface area contributed by atoms with E-state index in [2.05, 4.69) is 10.3 Å². The highest BCUT2D eigenvalue weighted by Gasteiger charge is 2.32. The van der Waals surface area contributed by atoms with E-state index in [0.29, 0.717) is 23.5 Å². The molecule has 0 bridgehead atoms. The van der Waals surface area contributed by atoms with Crippen molar-refractivity contribution in [3.63, 3.8) is 0 Å². The number of aromatic nitrogens is 1. The summed E-state index contributed by atoms with van der Waals surface area (Å²) in [7, 11) is 0. The van der Waals surface area contributed by atoms with Gasteiger partial charge in [0.1, 0.15) is 6.10 Å². The number of ketones is 1. The highest BCUT2D eigenvalue weighted by Crippen LogP contribution is 2.22. The number of rotatable bonds is 6. The topological polar surface area (TPSA) is 88.6 Å². The lowest BCUT2D eigenvalue weighted by molar-refractivity contribution is -0.119. The van der Waals surface area contributed by atoms with E-state index in [9.17, 15) is 14.4 Å². The van der Waals surface area contributed by atoms with Crippen LogP contribution in [0.2, 0.25) is 0 Å². The molecule has 0 saturated carbocycles. The number of cyclic esters (lactones) is 1. The lowest BCUT2D eigenvalue weighted by atomic mass is 10.1. The summed E-state index contributed by atoms with van der Waals surface area (Å²) in [6.45, 7) is 2.02. The van der Waals surface area contributed by atoms with Crippen molar-refractivity contribution in [2.75, 3.05) is 18.0 Å². The maximum atomic E-state index is 12.3. The standard InChI is InChI=1S/C20H19N3O4/c1-14(24)22-12-18-13-23(20(26)27-18)17-8-5-15(6-9-17)19(25)10-7-16-4-2-3-11-21-16/h2-11,18H,12-13H2,1H3,(H,22,24)/b10-7+/t18-/m0/s1. The maximum absolute atomic E-state index is 12.3. The molecule has 2 heterocycles. The molecule has 1 aromatic heterocycles. The minimum Gasteiger partial charge on any atom is -0.442 e. The van der Waals surface area contributed by atoms with Crippen LogP contribution in [0.4, 0.5) is 10.5 Å². The molecular formula is C20H19N3O4. The fourth-order valence-corrected chi connectivity index (χ4v) is 2.63. The Morgan fingerprint density at radius 2 is 2.04 bits per heavy atom. The highest BCUT2D eigenvalue weighted by atomic mass is 16.6. The van der Waals surface area contributed by atoms with Crippen molar-refractivity contribution < 1.29 is 19.1 Å². The number of nitrogens with one attached hydrogen (secondary N) is 1. The van der Waals surface area contributed by atoms with Crippen LogP contribution >= 0.6 is 0 Å². The van der Waals surface area contributed by atoms with Crippen LogP contribution in [0.25, 0.3) is 6.08 Å². The summed E-state index contributed by atoms with van der Waals surface area (Å²) in [5.41, 5.74) is 1.84.